The molecule has 2 rings (SSSR count). The molecule has 0 aromatic heterocycles. The van der Waals surface area contributed by atoms with Crippen LogP contribution in [0.15, 0.2) is 48.5 Å². The predicted molar refractivity (Wildman–Crippen MR) is 74.9 cm³/mol. The van der Waals surface area contributed by atoms with E-state index in [-0.39, 0.29) is 0 Å². The molecular formula is C16H19N. The minimum atomic E-state index is 1.09. The monoisotopic (exact) mass is 225 g/mol. The largest absolute Gasteiger partial charge is 0.356 e. The summed E-state index contributed by atoms with van der Waals surface area (Å²) in [6.07, 6.45) is 2.18. The zero-order chi connectivity index (χ0) is 12.1. The van der Waals surface area contributed by atoms with Crippen molar-refractivity contribution >= 4 is 11.4 Å². The molecule has 0 amide bonds. The summed E-state index contributed by atoms with van der Waals surface area (Å²) in [7, 11) is 0. The van der Waals surface area contributed by atoms with E-state index in [1.54, 1.807) is 0 Å². The van der Waals surface area contributed by atoms with Crippen LogP contribution in [0.5, 0.6) is 0 Å². The maximum Gasteiger partial charge on any atom is 0.0384 e. The van der Waals surface area contributed by atoms with Crippen LogP contribution in [0.1, 0.15) is 25.0 Å². The van der Waals surface area contributed by atoms with Crippen LogP contribution in [0.2, 0.25) is 0 Å². The SMILES string of the molecule is CCc1ccc(Nc2ccc(CC)cc2)cc1. The van der Waals surface area contributed by atoms with Gasteiger partial charge in [0.1, 0.15) is 0 Å². The van der Waals surface area contributed by atoms with Gasteiger partial charge in [-0.15, -0.1) is 0 Å². The maximum absolute atomic E-state index is 3.41. The topological polar surface area (TPSA) is 12.0 Å². The van der Waals surface area contributed by atoms with Crippen molar-refractivity contribution in [1.82, 2.24) is 0 Å². The standard InChI is InChI=1S/C16H19N/c1-3-13-5-9-15(10-6-13)17-16-11-7-14(4-2)8-12-16/h5-12,17H,3-4H2,1-2H3. The fraction of sp³-hybridized carbons (Fsp3) is 0.250. The number of nitrogens with one attached hydrogen (secondary N) is 1. The predicted octanol–water partition coefficient (Wildman–Crippen LogP) is 4.56. The van der Waals surface area contributed by atoms with Gasteiger partial charge in [-0.3, -0.25) is 0 Å². The molecule has 88 valence electrons. The Morgan fingerprint density at radius 3 is 1.29 bits per heavy atom. The number of rotatable bonds is 4. The maximum atomic E-state index is 3.41. The highest BCUT2D eigenvalue weighted by atomic mass is 14.9. The molecule has 17 heavy (non-hydrogen) atoms. The van der Waals surface area contributed by atoms with Gasteiger partial charge in [0.2, 0.25) is 0 Å². The first-order valence-electron chi connectivity index (χ1n) is 6.26. The lowest BCUT2D eigenvalue weighted by Gasteiger charge is -2.07. The molecule has 0 aliphatic heterocycles. The van der Waals surface area contributed by atoms with Gasteiger partial charge >= 0.3 is 0 Å². The Kier molecular flexibility index (Phi) is 3.81. The lowest BCUT2D eigenvalue weighted by Crippen LogP contribution is -1.91. The molecule has 0 aliphatic rings. The van der Waals surface area contributed by atoms with Crippen LogP contribution in [-0.2, 0) is 12.8 Å². The van der Waals surface area contributed by atoms with Gasteiger partial charge in [0, 0.05) is 11.4 Å². The Balaban J connectivity index is 2.08. The fourth-order valence-electron chi connectivity index (χ4n) is 1.81. The van der Waals surface area contributed by atoms with Gasteiger partial charge in [-0.2, -0.15) is 0 Å². The van der Waals surface area contributed by atoms with Crippen LogP contribution >= 0.6 is 0 Å². The Bertz CT molecular complexity index is 408. The van der Waals surface area contributed by atoms with Gasteiger partial charge in [-0.05, 0) is 48.2 Å². The second-order valence-corrected chi connectivity index (χ2v) is 4.23. The molecular weight excluding hydrogens is 206 g/mol. The van der Waals surface area contributed by atoms with Crippen molar-refractivity contribution in [3.05, 3.63) is 59.7 Å². The van der Waals surface area contributed by atoms with Crippen molar-refractivity contribution in [3.63, 3.8) is 0 Å². The van der Waals surface area contributed by atoms with Crippen molar-refractivity contribution in [1.29, 1.82) is 0 Å². The molecule has 0 aliphatic carbocycles. The molecule has 0 bridgehead atoms. The number of hydrogen-bond donors (Lipinski definition) is 1. The van der Waals surface area contributed by atoms with E-state index in [9.17, 15) is 0 Å². The Hall–Kier alpha value is -1.76. The van der Waals surface area contributed by atoms with E-state index in [0.29, 0.717) is 0 Å². The smallest absolute Gasteiger partial charge is 0.0384 e. The summed E-state index contributed by atoms with van der Waals surface area (Å²) >= 11 is 0. The van der Waals surface area contributed by atoms with Crippen LogP contribution in [0.25, 0.3) is 0 Å². The van der Waals surface area contributed by atoms with Gasteiger partial charge < -0.3 is 5.32 Å². The van der Waals surface area contributed by atoms with Crippen molar-refractivity contribution in [2.45, 2.75) is 26.7 Å². The normalized spacial score (nSPS) is 10.2. The van der Waals surface area contributed by atoms with Crippen LogP contribution in [0, 0.1) is 0 Å². The zero-order valence-corrected chi connectivity index (χ0v) is 10.5. The molecule has 0 fully saturated rings. The fourth-order valence-corrected chi connectivity index (χ4v) is 1.81. The molecule has 0 saturated heterocycles. The number of anilines is 2. The molecule has 1 nitrogen and oxygen atoms in total. The first kappa shape index (κ1) is 11.7. The molecule has 2 aromatic rings. The van der Waals surface area contributed by atoms with E-state index in [1.807, 2.05) is 0 Å². The third-order valence-electron chi connectivity index (χ3n) is 3.01. The lowest BCUT2D eigenvalue weighted by molar-refractivity contribution is 1.14. The Morgan fingerprint density at radius 1 is 0.647 bits per heavy atom. The summed E-state index contributed by atoms with van der Waals surface area (Å²) in [5, 5.41) is 3.41. The number of aryl methyl sites for hydroxylation is 2. The first-order chi connectivity index (χ1) is 8.31. The third-order valence-corrected chi connectivity index (χ3v) is 3.01. The van der Waals surface area contributed by atoms with Crippen LogP contribution in [-0.4, -0.2) is 0 Å². The Labute approximate surface area is 103 Å². The molecule has 0 radical (unpaired) electrons. The second kappa shape index (κ2) is 5.53. The van der Waals surface area contributed by atoms with Crippen molar-refractivity contribution in [3.8, 4) is 0 Å². The summed E-state index contributed by atoms with van der Waals surface area (Å²) in [4.78, 5) is 0. The van der Waals surface area contributed by atoms with Crippen LogP contribution in [0.4, 0.5) is 11.4 Å². The summed E-state index contributed by atoms with van der Waals surface area (Å²) < 4.78 is 0. The quantitative estimate of drug-likeness (QED) is 0.804. The van der Waals surface area contributed by atoms with Crippen LogP contribution in [0.3, 0.4) is 0 Å². The highest BCUT2D eigenvalue weighted by Gasteiger charge is 1.95. The molecule has 2 aromatic carbocycles. The summed E-state index contributed by atoms with van der Waals surface area (Å²) in [5.74, 6) is 0. The van der Waals surface area contributed by atoms with Gasteiger partial charge in [0.15, 0.2) is 0 Å². The molecule has 0 unspecified atom stereocenters. The van der Waals surface area contributed by atoms with Gasteiger partial charge in [0.05, 0.1) is 0 Å². The average molecular weight is 225 g/mol. The zero-order valence-electron chi connectivity index (χ0n) is 10.5. The highest BCUT2D eigenvalue weighted by molar-refractivity contribution is 5.60. The highest BCUT2D eigenvalue weighted by Crippen LogP contribution is 2.18. The lowest BCUT2D eigenvalue weighted by atomic mass is 10.1. The molecule has 0 saturated carbocycles. The Morgan fingerprint density at radius 2 is 1.00 bits per heavy atom. The summed E-state index contributed by atoms with van der Waals surface area (Å²) in [6, 6.07) is 17.2. The van der Waals surface area contributed by atoms with E-state index in [2.05, 4.69) is 67.7 Å². The van der Waals surface area contributed by atoms with E-state index in [0.717, 1.165) is 24.2 Å². The third kappa shape index (κ3) is 3.10. The minimum absolute atomic E-state index is 1.09. The minimum Gasteiger partial charge on any atom is -0.356 e. The summed E-state index contributed by atoms with van der Waals surface area (Å²) in [5.41, 5.74) is 5.03. The molecule has 1 heteroatoms. The van der Waals surface area contributed by atoms with Gasteiger partial charge in [0.25, 0.3) is 0 Å². The first-order valence-corrected chi connectivity index (χ1v) is 6.26. The van der Waals surface area contributed by atoms with Gasteiger partial charge in [-0.1, -0.05) is 38.1 Å². The van der Waals surface area contributed by atoms with Crippen LogP contribution < -0.4 is 5.32 Å². The average Bonchev–Trinajstić information content (AvgIpc) is 2.40. The molecule has 0 spiro atoms. The second-order valence-electron chi connectivity index (χ2n) is 4.23. The molecule has 0 atom stereocenters. The summed E-state index contributed by atoms with van der Waals surface area (Å²) in [6.45, 7) is 4.35. The van der Waals surface area contributed by atoms with Crippen molar-refractivity contribution < 1.29 is 0 Å². The van der Waals surface area contributed by atoms with Crippen molar-refractivity contribution in [2.24, 2.45) is 0 Å². The number of benzene rings is 2. The van der Waals surface area contributed by atoms with E-state index < -0.39 is 0 Å². The molecule has 1 N–H and O–H groups in total. The van der Waals surface area contributed by atoms with Gasteiger partial charge in [-0.25, -0.2) is 0 Å². The molecule has 0 heterocycles. The number of hydrogen-bond acceptors (Lipinski definition) is 1. The van der Waals surface area contributed by atoms with E-state index in [1.165, 1.54) is 11.1 Å². The van der Waals surface area contributed by atoms with E-state index >= 15 is 0 Å². The van der Waals surface area contributed by atoms with E-state index in [4.69, 9.17) is 0 Å². The van der Waals surface area contributed by atoms with Crippen molar-refractivity contribution in [2.75, 3.05) is 5.32 Å².